The first-order valence-corrected chi connectivity index (χ1v) is 7.30. The summed E-state index contributed by atoms with van der Waals surface area (Å²) in [5.74, 6) is -2.01. The van der Waals surface area contributed by atoms with Crippen LogP contribution in [-0.4, -0.2) is 50.8 Å². The molecule has 1 aliphatic rings. The Labute approximate surface area is 137 Å². The van der Waals surface area contributed by atoms with E-state index < -0.39 is 5.97 Å². The monoisotopic (exact) mass is 336 g/mol. The minimum absolute atomic E-state index is 0.0909. The number of nitrogens with two attached hydrogens (primary N) is 1. The lowest BCUT2D eigenvalue weighted by atomic mass is 10.2. The largest absolute Gasteiger partial charge is 0.507 e. The number of rotatable bonds is 5. The lowest BCUT2D eigenvalue weighted by Crippen LogP contribution is -2.40. The Morgan fingerprint density at radius 1 is 1.30 bits per heavy atom. The van der Waals surface area contributed by atoms with E-state index in [4.69, 9.17) is 23.1 Å². The van der Waals surface area contributed by atoms with Gasteiger partial charge in [-0.2, -0.15) is 5.10 Å². The van der Waals surface area contributed by atoms with Gasteiger partial charge in [-0.15, -0.1) is 0 Å². The molecule has 0 spiro atoms. The molecule has 1 fully saturated rings. The van der Waals surface area contributed by atoms with Gasteiger partial charge in [-0.05, 0) is 31.0 Å². The van der Waals surface area contributed by atoms with E-state index in [0.717, 1.165) is 12.8 Å². The number of carboxylic acid groups (broad SMARTS) is 1. The molecule has 1 saturated heterocycles. The Kier molecular flexibility index (Phi) is 5.12. The number of hydrogen-bond donors (Lipinski definition) is 4. The molecule has 0 unspecified atom stereocenters. The molecule has 1 aromatic carbocycles. The number of amides is 1. The summed E-state index contributed by atoms with van der Waals surface area (Å²) in [4.78, 5) is 24.7. The third-order valence-electron chi connectivity index (χ3n) is 3.35. The van der Waals surface area contributed by atoms with Crippen LogP contribution >= 0.6 is 12.2 Å². The average molecular weight is 336 g/mol. The Hall–Kier alpha value is -2.68. The summed E-state index contributed by atoms with van der Waals surface area (Å²) >= 11 is 4.86. The summed E-state index contributed by atoms with van der Waals surface area (Å²) in [6.45, 7) is 1.26. The van der Waals surface area contributed by atoms with Gasteiger partial charge in [-0.25, -0.2) is 4.79 Å². The van der Waals surface area contributed by atoms with Crippen LogP contribution in [0.4, 0.5) is 5.69 Å². The molecule has 0 aromatic heterocycles. The van der Waals surface area contributed by atoms with Crippen molar-refractivity contribution in [1.29, 1.82) is 0 Å². The quantitative estimate of drug-likeness (QED) is 0.270. The Bertz CT molecular complexity index is 683. The minimum atomic E-state index is -1.28. The van der Waals surface area contributed by atoms with Crippen molar-refractivity contribution in [1.82, 2.24) is 4.90 Å². The number of benzene rings is 1. The van der Waals surface area contributed by atoms with Crippen LogP contribution < -0.4 is 11.2 Å². The lowest BCUT2D eigenvalue weighted by molar-refractivity contribution is -0.122. The van der Waals surface area contributed by atoms with Crippen LogP contribution in [0.15, 0.2) is 23.3 Å². The molecule has 5 N–H and O–H groups in total. The second-order valence-corrected chi connectivity index (χ2v) is 5.41. The fourth-order valence-electron chi connectivity index (χ4n) is 2.18. The zero-order valence-electron chi connectivity index (χ0n) is 12.2. The van der Waals surface area contributed by atoms with Crippen LogP contribution in [-0.2, 0) is 4.79 Å². The maximum atomic E-state index is 12.3. The zero-order chi connectivity index (χ0) is 17.0. The summed E-state index contributed by atoms with van der Waals surface area (Å²) in [6, 6.07) is 3.82. The van der Waals surface area contributed by atoms with Gasteiger partial charge in [-0.1, -0.05) is 12.2 Å². The first-order valence-electron chi connectivity index (χ1n) is 6.89. The molecule has 0 aliphatic carbocycles. The normalized spacial score (nSPS) is 14.6. The number of nitrogens with one attached hydrogen (secondary N) is 1. The van der Waals surface area contributed by atoms with Crippen molar-refractivity contribution >= 4 is 40.5 Å². The van der Waals surface area contributed by atoms with Gasteiger partial charge >= 0.3 is 5.97 Å². The van der Waals surface area contributed by atoms with E-state index in [0.29, 0.717) is 13.1 Å². The van der Waals surface area contributed by atoms with Gasteiger partial charge in [0.05, 0.1) is 5.69 Å². The van der Waals surface area contributed by atoms with Crippen LogP contribution in [0.5, 0.6) is 5.75 Å². The predicted octanol–water partition coefficient (Wildman–Crippen LogP) is 0.767. The molecular weight excluding hydrogens is 320 g/mol. The highest BCUT2D eigenvalue weighted by molar-refractivity contribution is 7.82. The number of carbonyl (C=O) groups excluding carboxylic acids is 1. The SMILES string of the molecule is NC(=S)/C(=N/Nc1ccc(O)c(C(=O)O)c1)C(=O)N1CCCC1. The number of hydrazone groups is 1. The van der Waals surface area contributed by atoms with Crippen molar-refractivity contribution in [3.63, 3.8) is 0 Å². The van der Waals surface area contributed by atoms with Gasteiger partial charge in [-0.3, -0.25) is 10.2 Å². The van der Waals surface area contributed by atoms with Gasteiger partial charge in [0.25, 0.3) is 5.91 Å². The van der Waals surface area contributed by atoms with Crippen molar-refractivity contribution in [2.75, 3.05) is 18.5 Å². The van der Waals surface area contributed by atoms with Crippen LogP contribution in [0.2, 0.25) is 0 Å². The Morgan fingerprint density at radius 2 is 1.96 bits per heavy atom. The van der Waals surface area contributed by atoms with Crippen LogP contribution in [0.25, 0.3) is 0 Å². The predicted molar refractivity (Wildman–Crippen MR) is 88.7 cm³/mol. The lowest BCUT2D eigenvalue weighted by Gasteiger charge is -2.16. The number of carboxylic acids is 1. The third-order valence-corrected chi connectivity index (χ3v) is 3.55. The fourth-order valence-corrected chi connectivity index (χ4v) is 2.31. The molecule has 1 aliphatic heterocycles. The highest BCUT2D eigenvalue weighted by atomic mass is 32.1. The molecule has 8 nitrogen and oxygen atoms in total. The molecule has 0 saturated carbocycles. The van der Waals surface area contributed by atoms with Gasteiger partial charge in [0.2, 0.25) is 0 Å². The summed E-state index contributed by atoms with van der Waals surface area (Å²) in [7, 11) is 0. The van der Waals surface area contributed by atoms with Crippen molar-refractivity contribution in [2.45, 2.75) is 12.8 Å². The number of likely N-dealkylation sites (tertiary alicyclic amines) is 1. The second kappa shape index (κ2) is 7.05. The number of nitrogens with zero attached hydrogens (tertiary/aromatic N) is 2. The second-order valence-electron chi connectivity index (χ2n) is 4.97. The molecule has 1 aromatic rings. The molecule has 0 radical (unpaired) electrons. The molecule has 9 heteroatoms. The number of carbonyl (C=O) groups is 2. The smallest absolute Gasteiger partial charge is 0.339 e. The van der Waals surface area contributed by atoms with Gasteiger partial charge in [0.15, 0.2) is 5.71 Å². The van der Waals surface area contributed by atoms with Crippen molar-refractivity contribution < 1.29 is 19.8 Å². The fraction of sp³-hybridized carbons (Fsp3) is 0.286. The van der Waals surface area contributed by atoms with E-state index in [9.17, 15) is 14.7 Å². The van der Waals surface area contributed by atoms with E-state index in [1.807, 2.05) is 0 Å². The minimum Gasteiger partial charge on any atom is -0.507 e. The molecule has 2 rings (SSSR count). The summed E-state index contributed by atoms with van der Waals surface area (Å²) < 4.78 is 0. The van der Waals surface area contributed by atoms with Crippen LogP contribution in [0.3, 0.4) is 0 Å². The van der Waals surface area contributed by atoms with E-state index in [1.54, 1.807) is 4.90 Å². The van der Waals surface area contributed by atoms with Crippen LogP contribution in [0, 0.1) is 0 Å². The number of hydrogen-bond acceptors (Lipinski definition) is 6. The van der Waals surface area contributed by atoms with Crippen LogP contribution in [0.1, 0.15) is 23.2 Å². The Morgan fingerprint density at radius 3 is 2.52 bits per heavy atom. The van der Waals surface area contributed by atoms with Gasteiger partial charge in [0.1, 0.15) is 16.3 Å². The van der Waals surface area contributed by atoms with Crippen molar-refractivity contribution in [2.24, 2.45) is 10.8 Å². The molecular formula is C14H16N4O4S. The van der Waals surface area contributed by atoms with E-state index in [1.165, 1.54) is 18.2 Å². The molecule has 122 valence electrons. The molecule has 1 heterocycles. The first kappa shape index (κ1) is 16.7. The summed E-state index contributed by atoms with van der Waals surface area (Å²) in [5, 5.41) is 22.3. The van der Waals surface area contributed by atoms with E-state index >= 15 is 0 Å². The van der Waals surface area contributed by atoms with E-state index in [2.05, 4.69) is 10.5 Å². The maximum absolute atomic E-state index is 12.3. The number of aromatic hydroxyl groups is 1. The number of aromatic carboxylic acids is 1. The zero-order valence-corrected chi connectivity index (χ0v) is 13.0. The standard InChI is InChI=1S/C14H16N4O4S/c15-12(23)11(13(20)18-5-1-2-6-18)17-16-8-3-4-10(19)9(7-8)14(21)22/h3-4,7,16,19H,1-2,5-6H2,(H2,15,23)(H,21,22)/b17-11-. The first-order chi connectivity index (χ1) is 10.9. The molecule has 23 heavy (non-hydrogen) atoms. The van der Waals surface area contributed by atoms with Crippen molar-refractivity contribution in [3.8, 4) is 5.75 Å². The topological polar surface area (TPSA) is 128 Å². The molecule has 0 atom stereocenters. The number of anilines is 1. The summed E-state index contributed by atoms with van der Waals surface area (Å²) in [6.07, 6.45) is 1.84. The third kappa shape index (κ3) is 3.95. The Balaban J connectivity index is 2.21. The highest BCUT2D eigenvalue weighted by Gasteiger charge is 2.24. The number of phenols is 1. The van der Waals surface area contributed by atoms with E-state index in [-0.39, 0.29) is 33.6 Å². The van der Waals surface area contributed by atoms with Crippen molar-refractivity contribution in [3.05, 3.63) is 23.8 Å². The van der Waals surface area contributed by atoms with Gasteiger partial charge in [0, 0.05) is 13.1 Å². The maximum Gasteiger partial charge on any atom is 0.339 e. The average Bonchev–Trinajstić information content (AvgIpc) is 3.02. The summed E-state index contributed by atoms with van der Waals surface area (Å²) in [5.41, 5.74) is 8.01. The number of thiocarbonyl (C=S) groups is 1. The van der Waals surface area contributed by atoms with Gasteiger partial charge < -0.3 is 20.8 Å². The molecule has 1 amide bonds. The molecule has 0 bridgehead atoms. The highest BCUT2D eigenvalue weighted by Crippen LogP contribution is 2.21.